The number of amides is 1. The fourth-order valence-electron chi connectivity index (χ4n) is 1.67. The van der Waals surface area contributed by atoms with Crippen molar-refractivity contribution in [3.8, 4) is 0 Å². The zero-order valence-electron chi connectivity index (χ0n) is 11.8. The van der Waals surface area contributed by atoms with Crippen LogP contribution in [0.25, 0.3) is 0 Å². The summed E-state index contributed by atoms with van der Waals surface area (Å²) < 4.78 is 22.0. The van der Waals surface area contributed by atoms with Crippen LogP contribution in [-0.2, 0) is 9.84 Å². The van der Waals surface area contributed by atoms with Gasteiger partial charge in [0.25, 0.3) is 5.91 Å². The molecular weight excluding hydrogens is 278 g/mol. The second kappa shape index (κ2) is 7.14. The molecule has 0 aliphatic carbocycles. The van der Waals surface area contributed by atoms with Crippen molar-refractivity contribution in [2.24, 2.45) is 0 Å². The maximum absolute atomic E-state index is 11.7. The van der Waals surface area contributed by atoms with E-state index in [1.807, 2.05) is 6.92 Å². The second-order valence-corrected chi connectivity index (χ2v) is 6.83. The summed E-state index contributed by atoms with van der Waals surface area (Å²) in [6.07, 6.45) is 1.70. The van der Waals surface area contributed by atoms with Gasteiger partial charge in [-0.3, -0.25) is 4.79 Å². The smallest absolute Gasteiger partial charge is 0.251 e. The third-order valence-electron chi connectivity index (χ3n) is 2.66. The van der Waals surface area contributed by atoms with Crippen LogP contribution in [0.15, 0.2) is 18.2 Å². The Morgan fingerprint density at radius 2 is 2.05 bits per heavy atom. The van der Waals surface area contributed by atoms with E-state index in [1.165, 1.54) is 6.26 Å². The zero-order valence-corrected chi connectivity index (χ0v) is 12.6. The molecule has 1 rings (SSSR count). The number of rotatable bonds is 7. The molecule has 1 aromatic rings. The topological polar surface area (TPSA) is 101 Å². The van der Waals surface area contributed by atoms with Crippen molar-refractivity contribution in [3.05, 3.63) is 23.8 Å². The van der Waals surface area contributed by atoms with Gasteiger partial charge in [0.15, 0.2) is 0 Å². The molecular formula is C13H21N3O3S. The molecule has 0 aliphatic rings. The minimum Gasteiger partial charge on any atom is -0.397 e. The molecule has 0 spiro atoms. The molecule has 20 heavy (non-hydrogen) atoms. The Bertz CT molecular complexity index is 570. The van der Waals surface area contributed by atoms with Gasteiger partial charge >= 0.3 is 0 Å². The lowest BCUT2D eigenvalue weighted by molar-refractivity contribution is 0.0956. The highest BCUT2D eigenvalue weighted by atomic mass is 32.2. The third kappa shape index (κ3) is 5.48. The van der Waals surface area contributed by atoms with Crippen molar-refractivity contribution >= 4 is 27.1 Å². The van der Waals surface area contributed by atoms with Gasteiger partial charge in [0.05, 0.1) is 17.1 Å². The van der Waals surface area contributed by atoms with Gasteiger partial charge in [-0.05, 0) is 31.5 Å². The lowest BCUT2D eigenvalue weighted by Crippen LogP contribution is -2.22. The monoisotopic (exact) mass is 299 g/mol. The van der Waals surface area contributed by atoms with E-state index in [9.17, 15) is 13.2 Å². The Balaban J connectivity index is 2.65. The molecule has 7 heteroatoms. The first-order valence-electron chi connectivity index (χ1n) is 6.43. The van der Waals surface area contributed by atoms with Gasteiger partial charge in [0.2, 0.25) is 0 Å². The minimum absolute atomic E-state index is 0.121. The van der Waals surface area contributed by atoms with E-state index < -0.39 is 9.84 Å². The number of nitrogens with one attached hydrogen (secondary N) is 2. The molecule has 0 bridgehead atoms. The van der Waals surface area contributed by atoms with E-state index >= 15 is 0 Å². The van der Waals surface area contributed by atoms with Crippen LogP contribution in [-0.4, -0.2) is 39.4 Å². The summed E-state index contributed by atoms with van der Waals surface area (Å²) >= 11 is 0. The fraction of sp³-hybridized carbons (Fsp3) is 0.462. The highest BCUT2D eigenvalue weighted by Gasteiger charge is 2.08. The zero-order chi connectivity index (χ0) is 15.2. The molecule has 0 heterocycles. The van der Waals surface area contributed by atoms with Crippen molar-refractivity contribution in [2.75, 3.05) is 36.1 Å². The molecule has 6 nitrogen and oxygen atoms in total. The lowest BCUT2D eigenvalue weighted by Gasteiger charge is -2.11. The molecule has 0 unspecified atom stereocenters. The van der Waals surface area contributed by atoms with Crippen LogP contribution in [0.4, 0.5) is 11.4 Å². The van der Waals surface area contributed by atoms with Crippen LogP contribution in [0.5, 0.6) is 0 Å². The first kappa shape index (κ1) is 16.3. The normalized spacial score (nSPS) is 11.1. The summed E-state index contributed by atoms with van der Waals surface area (Å²) in [4.78, 5) is 11.7. The molecule has 0 aliphatic heterocycles. The quantitative estimate of drug-likeness (QED) is 0.512. The number of benzene rings is 1. The van der Waals surface area contributed by atoms with Crippen LogP contribution in [0, 0.1) is 0 Å². The van der Waals surface area contributed by atoms with Gasteiger partial charge in [-0.1, -0.05) is 0 Å². The first-order chi connectivity index (χ1) is 9.33. The number of anilines is 2. The van der Waals surface area contributed by atoms with Gasteiger partial charge in [0.1, 0.15) is 9.84 Å². The SMILES string of the molecule is CCNC(=O)c1ccc(N)c(NCCCS(C)(=O)=O)c1. The molecule has 0 fully saturated rings. The molecule has 0 saturated heterocycles. The van der Waals surface area contributed by atoms with E-state index in [2.05, 4.69) is 10.6 Å². The van der Waals surface area contributed by atoms with Gasteiger partial charge in [-0.25, -0.2) is 8.42 Å². The van der Waals surface area contributed by atoms with Crippen molar-refractivity contribution in [1.29, 1.82) is 0 Å². The average Bonchev–Trinajstić information content (AvgIpc) is 2.35. The average molecular weight is 299 g/mol. The first-order valence-corrected chi connectivity index (χ1v) is 8.49. The number of carbonyl (C=O) groups is 1. The Labute approximate surface area is 119 Å². The maximum Gasteiger partial charge on any atom is 0.251 e. The molecule has 0 radical (unpaired) electrons. The number of sulfone groups is 1. The number of nitrogen functional groups attached to an aromatic ring is 1. The van der Waals surface area contributed by atoms with E-state index in [-0.39, 0.29) is 11.7 Å². The van der Waals surface area contributed by atoms with E-state index in [0.717, 1.165) is 0 Å². The number of carbonyl (C=O) groups excluding carboxylic acids is 1. The summed E-state index contributed by atoms with van der Waals surface area (Å²) in [5, 5.41) is 5.76. The van der Waals surface area contributed by atoms with Gasteiger partial charge < -0.3 is 16.4 Å². The summed E-state index contributed by atoms with van der Waals surface area (Å²) in [6.45, 7) is 2.88. The molecule has 0 saturated carbocycles. The number of hydrogen-bond donors (Lipinski definition) is 3. The number of hydrogen-bond acceptors (Lipinski definition) is 5. The van der Waals surface area contributed by atoms with Crippen LogP contribution in [0.3, 0.4) is 0 Å². The second-order valence-electron chi connectivity index (χ2n) is 4.57. The van der Waals surface area contributed by atoms with Crippen LogP contribution < -0.4 is 16.4 Å². The predicted octanol–water partition coefficient (Wildman–Crippen LogP) is 0.865. The highest BCUT2D eigenvalue weighted by Crippen LogP contribution is 2.20. The van der Waals surface area contributed by atoms with E-state index in [4.69, 9.17) is 5.73 Å². The highest BCUT2D eigenvalue weighted by molar-refractivity contribution is 7.90. The van der Waals surface area contributed by atoms with E-state index in [1.54, 1.807) is 18.2 Å². The molecule has 0 atom stereocenters. The third-order valence-corrected chi connectivity index (χ3v) is 3.69. The van der Waals surface area contributed by atoms with Crippen molar-refractivity contribution in [3.63, 3.8) is 0 Å². The van der Waals surface area contributed by atoms with Gasteiger partial charge in [-0.15, -0.1) is 0 Å². The molecule has 1 aromatic carbocycles. The molecule has 0 aromatic heterocycles. The van der Waals surface area contributed by atoms with E-state index in [0.29, 0.717) is 36.4 Å². The Morgan fingerprint density at radius 3 is 2.65 bits per heavy atom. The van der Waals surface area contributed by atoms with Crippen molar-refractivity contribution < 1.29 is 13.2 Å². The Morgan fingerprint density at radius 1 is 1.35 bits per heavy atom. The number of nitrogens with two attached hydrogens (primary N) is 1. The lowest BCUT2D eigenvalue weighted by atomic mass is 10.1. The minimum atomic E-state index is -2.95. The Kier molecular flexibility index (Phi) is 5.82. The molecule has 1 amide bonds. The molecule has 4 N–H and O–H groups in total. The van der Waals surface area contributed by atoms with Crippen LogP contribution in [0.2, 0.25) is 0 Å². The van der Waals surface area contributed by atoms with Crippen molar-refractivity contribution in [1.82, 2.24) is 5.32 Å². The van der Waals surface area contributed by atoms with Crippen LogP contribution in [0.1, 0.15) is 23.7 Å². The van der Waals surface area contributed by atoms with Gasteiger partial charge in [-0.2, -0.15) is 0 Å². The summed E-state index contributed by atoms with van der Waals surface area (Å²) in [5.74, 6) is -0.0395. The van der Waals surface area contributed by atoms with Crippen molar-refractivity contribution in [2.45, 2.75) is 13.3 Å². The fourth-order valence-corrected chi connectivity index (χ4v) is 2.34. The summed E-state index contributed by atoms with van der Waals surface area (Å²) in [7, 11) is -2.95. The van der Waals surface area contributed by atoms with Gasteiger partial charge in [0, 0.05) is 24.9 Å². The standard InChI is InChI=1S/C13H21N3O3S/c1-3-15-13(17)10-5-6-11(14)12(9-10)16-7-4-8-20(2,18)19/h5-6,9,16H,3-4,7-8,14H2,1-2H3,(H,15,17). The predicted molar refractivity (Wildman–Crippen MR) is 81.7 cm³/mol. The maximum atomic E-state index is 11.7. The largest absolute Gasteiger partial charge is 0.397 e. The summed E-state index contributed by atoms with van der Waals surface area (Å²) in [6, 6.07) is 4.98. The Hall–Kier alpha value is -1.76. The summed E-state index contributed by atoms with van der Waals surface area (Å²) in [5.41, 5.74) is 7.51. The van der Waals surface area contributed by atoms with Crippen LogP contribution >= 0.6 is 0 Å². The molecule has 112 valence electrons.